The normalized spacial score (nSPS) is 15.2. The summed E-state index contributed by atoms with van der Waals surface area (Å²) in [6, 6.07) is 9.68. The third-order valence-corrected chi connectivity index (χ3v) is 6.00. The van der Waals surface area contributed by atoms with E-state index in [-0.39, 0.29) is 13.2 Å². The third-order valence-electron chi connectivity index (χ3n) is 4.74. The van der Waals surface area contributed by atoms with Crippen molar-refractivity contribution in [2.45, 2.75) is 79.1 Å². The molecule has 2 unspecified atom stereocenters. The van der Waals surface area contributed by atoms with E-state index in [2.05, 4.69) is 43.2 Å². The van der Waals surface area contributed by atoms with Crippen LogP contribution in [0.5, 0.6) is 0 Å². The van der Waals surface area contributed by atoms with Gasteiger partial charge in [0, 0.05) is 0 Å². The van der Waals surface area contributed by atoms with E-state index < -0.39 is 7.82 Å². The number of hydrogen-bond donors (Lipinski definition) is 0. The minimum atomic E-state index is -4.14. The molecule has 0 aromatic heterocycles. The van der Waals surface area contributed by atoms with Crippen molar-refractivity contribution in [2.75, 3.05) is 13.2 Å². The molecule has 0 fully saturated rings. The maximum atomic E-state index is 11.8. The molecule has 4 nitrogen and oxygen atoms in total. The summed E-state index contributed by atoms with van der Waals surface area (Å²) in [5.41, 5.74) is 0. The molecule has 0 heterocycles. The summed E-state index contributed by atoms with van der Waals surface area (Å²) in [5.74, 6) is 0.607. The van der Waals surface area contributed by atoms with Crippen LogP contribution in [-0.2, 0) is 29.1 Å². The van der Waals surface area contributed by atoms with Gasteiger partial charge < -0.3 is 13.9 Å². The van der Waals surface area contributed by atoms with Crippen molar-refractivity contribution >= 4 is 12.4 Å². The molecule has 0 aliphatic carbocycles. The van der Waals surface area contributed by atoms with E-state index in [9.17, 15) is 9.46 Å². The fourth-order valence-electron chi connectivity index (χ4n) is 2.63. The van der Waals surface area contributed by atoms with Crippen LogP contribution in [-0.4, -0.2) is 13.2 Å². The van der Waals surface area contributed by atoms with Crippen LogP contribution in [0.15, 0.2) is 30.3 Å². The SMILES string of the molecule is CCCCC(CC)COP(=O)([O-])OCC(CC)CCCC.[Ni+][c]1ccccc1. The van der Waals surface area contributed by atoms with Gasteiger partial charge in [0.15, 0.2) is 0 Å². The van der Waals surface area contributed by atoms with Crippen LogP contribution in [0, 0.1) is 11.8 Å². The maximum absolute atomic E-state index is 11.8. The zero-order chi connectivity index (χ0) is 21.3. The molecule has 1 aromatic rings. The Morgan fingerprint density at radius 1 is 0.893 bits per heavy atom. The number of phosphoric acid groups is 1. The quantitative estimate of drug-likeness (QED) is 0.263. The van der Waals surface area contributed by atoms with Gasteiger partial charge in [-0.05, 0) is 24.7 Å². The molecule has 0 aliphatic heterocycles. The van der Waals surface area contributed by atoms with Crippen LogP contribution in [0.1, 0.15) is 79.1 Å². The molecule has 0 radical (unpaired) electrons. The molecule has 0 amide bonds. The Balaban J connectivity index is 0.000000861. The predicted molar refractivity (Wildman–Crippen MR) is 112 cm³/mol. The van der Waals surface area contributed by atoms with E-state index in [1.807, 2.05) is 30.3 Å². The molecular weight excluding hydrogens is 418 g/mol. The van der Waals surface area contributed by atoms with Gasteiger partial charge in [0.05, 0.1) is 13.2 Å². The van der Waals surface area contributed by atoms with Crippen molar-refractivity contribution in [1.29, 1.82) is 0 Å². The number of benzene rings is 1. The van der Waals surface area contributed by atoms with E-state index in [1.54, 1.807) is 0 Å². The summed E-state index contributed by atoms with van der Waals surface area (Å²) in [7, 11) is -4.14. The Morgan fingerprint density at radius 3 is 1.61 bits per heavy atom. The Morgan fingerprint density at radius 2 is 1.32 bits per heavy atom. The van der Waals surface area contributed by atoms with E-state index in [0.29, 0.717) is 11.8 Å². The average molecular weight is 457 g/mol. The van der Waals surface area contributed by atoms with Gasteiger partial charge in [-0.15, -0.1) is 0 Å². The van der Waals surface area contributed by atoms with E-state index in [0.717, 1.165) is 55.9 Å². The van der Waals surface area contributed by atoms with Crippen LogP contribution in [0.25, 0.3) is 0 Å². The van der Waals surface area contributed by atoms with Crippen molar-refractivity contribution in [3.63, 3.8) is 0 Å². The second kappa shape index (κ2) is 17.7. The summed E-state index contributed by atoms with van der Waals surface area (Å²) in [5, 5.41) is 0. The van der Waals surface area contributed by atoms with Gasteiger partial charge >= 0.3 is 50.3 Å². The molecule has 6 heteroatoms. The van der Waals surface area contributed by atoms with Gasteiger partial charge in [0.1, 0.15) is 0 Å². The molecule has 1 aromatic carbocycles. The summed E-state index contributed by atoms with van der Waals surface area (Å²) < 4.78 is 22.9. The summed E-state index contributed by atoms with van der Waals surface area (Å²) >= 11 is 4.54. The van der Waals surface area contributed by atoms with Crippen molar-refractivity contribution < 1.29 is 34.0 Å². The number of unbranched alkanes of at least 4 members (excludes halogenated alkanes) is 2. The molecule has 0 saturated carbocycles. The van der Waals surface area contributed by atoms with E-state index in [1.165, 1.54) is 0 Å². The first kappa shape index (κ1) is 27.8. The Hall–Kier alpha value is -0.176. The second-order valence-electron chi connectivity index (χ2n) is 7.13. The van der Waals surface area contributed by atoms with Crippen LogP contribution in [0.4, 0.5) is 0 Å². The molecule has 0 spiro atoms. The number of rotatable bonds is 14. The first-order chi connectivity index (χ1) is 13.4. The topological polar surface area (TPSA) is 58.6 Å². The van der Waals surface area contributed by atoms with Crippen LogP contribution in [0.2, 0.25) is 0 Å². The fourth-order valence-corrected chi connectivity index (χ4v) is 3.68. The van der Waals surface area contributed by atoms with Crippen molar-refractivity contribution in [2.24, 2.45) is 11.8 Å². The van der Waals surface area contributed by atoms with Gasteiger partial charge in [-0.1, -0.05) is 66.2 Å². The number of hydrogen-bond acceptors (Lipinski definition) is 4. The predicted octanol–water partition coefficient (Wildman–Crippen LogP) is 5.78. The minimum absolute atomic E-state index is 0.253. The zero-order valence-electron chi connectivity index (χ0n) is 18.0. The second-order valence-corrected chi connectivity index (χ2v) is 9.11. The van der Waals surface area contributed by atoms with Crippen molar-refractivity contribution in [3.05, 3.63) is 30.3 Å². The van der Waals surface area contributed by atoms with E-state index in [4.69, 9.17) is 9.05 Å². The van der Waals surface area contributed by atoms with Gasteiger partial charge in [-0.25, -0.2) is 0 Å². The van der Waals surface area contributed by atoms with Crippen LogP contribution < -0.4 is 9.43 Å². The molecule has 0 saturated heterocycles. The van der Waals surface area contributed by atoms with Crippen molar-refractivity contribution in [1.82, 2.24) is 0 Å². The summed E-state index contributed by atoms with van der Waals surface area (Å²) in [6.45, 7) is 8.91. The molecule has 0 aliphatic rings. The van der Waals surface area contributed by atoms with Gasteiger partial charge in [0.25, 0.3) is 7.82 Å². The first-order valence-electron chi connectivity index (χ1n) is 10.7. The first-order valence-corrected chi connectivity index (χ1v) is 12.6. The molecule has 166 valence electrons. The molecular formula is C22H39NiO4P. The Labute approximate surface area is 180 Å². The monoisotopic (exact) mass is 456 g/mol. The molecule has 2 atom stereocenters. The molecule has 0 N–H and O–H groups in total. The Bertz CT molecular complexity index is 489. The average Bonchev–Trinajstić information content (AvgIpc) is 2.69. The summed E-state index contributed by atoms with van der Waals surface area (Å²) in [6.07, 6.45) is 8.38. The van der Waals surface area contributed by atoms with Crippen LogP contribution in [0.3, 0.4) is 0 Å². The van der Waals surface area contributed by atoms with E-state index >= 15 is 0 Å². The van der Waals surface area contributed by atoms with Gasteiger partial charge in [-0.2, -0.15) is 0 Å². The molecule has 0 bridgehead atoms. The van der Waals surface area contributed by atoms with Gasteiger partial charge in [0.2, 0.25) is 0 Å². The fraction of sp³-hybridized carbons (Fsp3) is 0.727. The summed E-state index contributed by atoms with van der Waals surface area (Å²) in [4.78, 5) is 11.8. The molecule has 28 heavy (non-hydrogen) atoms. The standard InChI is InChI=1S/C16H35O4P.C6H5.Ni/c1-5-9-11-15(7-3)13-19-21(17,18)20-14-16(8-4)12-10-6-2;1-2-4-6-5-3-1;/h15-16H,5-14H2,1-4H3,(H,17,18);1-5H;/q;;+1/p-1. The number of phosphoric ester groups is 1. The van der Waals surface area contributed by atoms with Gasteiger partial charge in [-0.3, -0.25) is 4.57 Å². The third kappa shape index (κ3) is 15.7. The van der Waals surface area contributed by atoms with Crippen molar-refractivity contribution in [3.8, 4) is 0 Å². The van der Waals surface area contributed by atoms with Crippen LogP contribution >= 0.6 is 7.82 Å². The Kier molecular flexibility index (Phi) is 17.6. The zero-order valence-corrected chi connectivity index (χ0v) is 19.9. The molecule has 1 rings (SSSR count).